The summed E-state index contributed by atoms with van der Waals surface area (Å²) in [6.07, 6.45) is 13.3. The minimum Gasteiger partial charge on any atom is -0.0622 e. The summed E-state index contributed by atoms with van der Waals surface area (Å²) in [5.41, 5.74) is 7.20. The van der Waals surface area contributed by atoms with Gasteiger partial charge in [0, 0.05) is 0 Å². The molecule has 0 bridgehead atoms. The minimum atomic E-state index is 1.19. The summed E-state index contributed by atoms with van der Waals surface area (Å²) in [6, 6.07) is 42.3. The number of rotatable bonds is 6. The minimum absolute atomic E-state index is 1.19. The Bertz CT molecular complexity index is 1450. The van der Waals surface area contributed by atoms with E-state index in [2.05, 4.69) is 152 Å². The molecule has 0 saturated carbocycles. The van der Waals surface area contributed by atoms with Gasteiger partial charge in [0.05, 0.1) is 0 Å². The number of hydrogen-bond donors (Lipinski definition) is 0. The smallest absolute Gasteiger partial charge is 0.00992 e. The molecule has 0 heteroatoms. The van der Waals surface area contributed by atoms with E-state index in [1.54, 1.807) is 0 Å². The molecule has 0 nitrogen and oxygen atoms in total. The molecule has 0 saturated heterocycles. The largest absolute Gasteiger partial charge is 0.0622 e. The third-order valence-electron chi connectivity index (χ3n) is 5.90. The van der Waals surface area contributed by atoms with Crippen LogP contribution in [0.1, 0.15) is 33.4 Å². The third-order valence-corrected chi connectivity index (χ3v) is 5.90. The quantitative estimate of drug-likeness (QED) is 0.234. The summed E-state index contributed by atoms with van der Waals surface area (Å²) in [6.45, 7) is 0. The second-order valence-corrected chi connectivity index (χ2v) is 8.25. The molecule has 0 aromatic heterocycles. The van der Waals surface area contributed by atoms with Gasteiger partial charge in [0.25, 0.3) is 0 Å². The van der Waals surface area contributed by atoms with E-state index >= 15 is 0 Å². The first kappa shape index (κ1) is 21.4. The van der Waals surface area contributed by atoms with E-state index in [4.69, 9.17) is 0 Å². The van der Waals surface area contributed by atoms with E-state index in [0.29, 0.717) is 0 Å². The van der Waals surface area contributed by atoms with Gasteiger partial charge in [0.15, 0.2) is 0 Å². The Labute approximate surface area is 201 Å². The predicted molar refractivity (Wildman–Crippen MR) is 150 cm³/mol. The van der Waals surface area contributed by atoms with Crippen molar-refractivity contribution in [3.05, 3.63) is 155 Å². The van der Waals surface area contributed by atoms with Gasteiger partial charge >= 0.3 is 0 Å². The fraction of sp³-hybridized carbons (Fsp3) is 0. The van der Waals surface area contributed by atoms with Crippen molar-refractivity contribution in [3.63, 3.8) is 0 Å². The van der Waals surface area contributed by atoms with Gasteiger partial charge in [-0.05, 0) is 50.2 Å². The molecule has 0 heterocycles. The van der Waals surface area contributed by atoms with Gasteiger partial charge in [0.2, 0.25) is 0 Å². The van der Waals surface area contributed by atoms with Crippen molar-refractivity contribution < 1.29 is 0 Å². The normalized spacial score (nSPS) is 11.8. The topological polar surface area (TPSA) is 0 Å². The molecule has 0 fully saturated rings. The highest BCUT2D eigenvalue weighted by molar-refractivity contribution is 6.00. The van der Waals surface area contributed by atoms with E-state index in [1.807, 2.05) is 6.07 Å². The van der Waals surface area contributed by atoms with Gasteiger partial charge in [-0.25, -0.2) is 0 Å². The molecule has 0 aliphatic heterocycles. The average Bonchev–Trinajstić information content (AvgIpc) is 2.91. The molecule has 0 radical (unpaired) electrons. The first-order valence-corrected chi connectivity index (χ1v) is 11.6. The number of benzene rings is 5. The number of hydrogen-bond acceptors (Lipinski definition) is 0. The zero-order chi connectivity index (χ0) is 23.0. The molecule has 0 unspecified atom stereocenters. The number of fused-ring (bicyclic) bond motifs is 1. The zero-order valence-electron chi connectivity index (χ0n) is 19.0. The monoisotopic (exact) mass is 434 g/mol. The van der Waals surface area contributed by atoms with Crippen molar-refractivity contribution in [3.8, 4) is 0 Å². The fourth-order valence-corrected chi connectivity index (χ4v) is 4.16. The van der Waals surface area contributed by atoms with Crippen molar-refractivity contribution in [1.29, 1.82) is 0 Å². The van der Waals surface area contributed by atoms with Crippen LogP contribution in [0.2, 0.25) is 0 Å². The Hall–Kier alpha value is -4.42. The van der Waals surface area contributed by atoms with Crippen molar-refractivity contribution in [2.24, 2.45) is 0 Å². The molecule has 0 aliphatic rings. The summed E-state index contributed by atoms with van der Waals surface area (Å²) in [5, 5.41) is 2.49. The maximum Gasteiger partial charge on any atom is -0.00992 e. The van der Waals surface area contributed by atoms with E-state index in [9.17, 15) is 0 Å². The lowest BCUT2D eigenvalue weighted by molar-refractivity contribution is 1.61. The predicted octanol–water partition coefficient (Wildman–Crippen LogP) is 9.35. The Morgan fingerprint density at radius 3 is 1.35 bits per heavy atom. The average molecular weight is 435 g/mol. The summed E-state index contributed by atoms with van der Waals surface area (Å²) < 4.78 is 0. The lowest BCUT2D eigenvalue weighted by Crippen LogP contribution is -1.90. The van der Waals surface area contributed by atoms with Gasteiger partial charge in [-0.15, -0.1) is 0 Å². The summed E-state index contributed by atoms with van der Waals surface area (Å²) in [5.74, 6) is 0. The van der Waals surface area contributed by atoms with E-state index in [0.717, 1.165) is 0 Å². The van der Waals surface area contributed by atoms with Crippen molar-refractivity contribution in [1.82, 2.24) is 0 Å². The highest BCUT2D eigenvalue weighted by Crippen LogP contribution is 2.31. The van der Waals surface area contributed by atoms with E-state index < -0.39 is 0 Å². The summed E-state index contributed by atoms with van der Waals surface area (Å²) in [7, 11) is 0. The fourth-order valence-electron chi connectivity index (χ4n) is 4.16. The van der Waals surface area contributed by atoms with Crippen LogP contribution in [-0.2, 0) is 0 Å². The van der Waals surface area contributed by atoms with Gasteiger partial charge < -0.3 is 0 Å². The van der Waals surface area contributed by atoms with Gasteiger partial charge in [-0.2, -0.15) is 0 Å². The van der Waals surface area contributed by atoms with Gasteiger partial charge in [-0.3, -0.25) is 0 Å². The molecular formula is C34H26. The standard InChI is InChI=1S/C34H26/c1-4-12-27(13-5-1)20-23-31-26-30-18-10-11-19-32(30)34(25-22-29-16-8-3-9-17-29)33(31)24-21-28-14-6-2-7-15-28/h1-26H. The molecule has 0 atom stereocenters. The molecule has 0 N–H and O–H groups in total. The molecule has 0 spiro atoms. The zero-order valence-corrected chi connectivity index (χ0v) is 19.0. The second kappa shape index (κ2) is 10.5. The van der Waals surface area contributed by atoms with Crippen LogP contribution in [0.4, 0.5) is 0 Å². The maximum atomic E-state index is 2.29. The second-order valence-electron chi connectivity index (χ2n) is 8.25. The Morgan fingerprint density at radius 1 is 0.353 bits per heavy atom. The molecule has 34 heavy (non-hydrogen) atoms. The van der Waals surface area contributed by atoms with E-state index in [-0.39, 0.29) is 0 Å². The van der Waals surface area contributed by atoms with Crippen LogP contribution in [0.25, 0.3) is 47.2 Å². The van der Waals surface area contributed by atoms with Crippen LogP contribution in [0.5, 0.6) is 0 Å². The maximum absolute atomic E-state index is 2.29. The lowest BCUT2D eigenvalue weighted by atomic mass is 9.92. The summed E-state index contributed by atoms with van der Waals surface area (Å²) in [4.78, 5) is 0. The van der Waals surface area contributed by atoms with Crippen LogP contribution >= 0.6 is 0 Å². The van der Waals surface area contributed by atoms with Crippen LogP contribution in [0, 0.1) is 0 Å². The van der Waals surface area contributed by atoms with Crippen molar-refractivity contribution in [2.45, 2.75) is 0 Å². The highest BCUT2D eigenvalue weighted by Gasteiger charge is 2.08. The van der Waals surface area contributed by atoms with Crippen LogP contribution in [0.3, 0.4) is 0 Å². The molecule has 5 aromatic rings. The molecule has 5 rings (SSSR count). The van der Waals surface area contributed by atoms with Crippen molar-refractivity contribution >= 4 is 47.2 Å². The van der Waals surface area contributed by atoms with Crippen LogP contribution in [0.15, 0.2) is 121 Å². The highest BCUT2D eigenvalue weighted by atomic mass is 14.1. The Morgan fingerprint density at radius 2 is 0.794 bits per heavy atom. The van der Waals surface area contributed by atoms with Gasteiger partial charge in [0.1, 0.15) is 0 Å². The molecule has 0 amide bonds. The van der Waals surface area contributed by atoms with Gasteiger partial charge in [-0.1, -0.05) is 152 Å². The van der Waals surface area contributed by atoms with Crippen LogP contribution < -0.4 is 0 Å². The molecule has 0 aliphatic carbocycles. The van der Waals surface area contributed by atoms with E-state index in [1.165, 1.54) is 44.2 Å². The SMILES string of the molecule is C(=Cc1cc2ccccc2c(C=Cc2ccccc2)c1C=Cc1ccccc1)c1ccccc1. The molecular weight excluding hydrogens is 408 g/mol. The van der Waals surface area contributed by atoms with Crippen molar-refractivity contribution in [2.75, 3.05) is 0 Å². The molecule has 5 aromatic carbocycles. The Balaban J connectivity index is 1.69. The molecule has 162 valence electrons. The lowest BCUT2D eigenvalue weighted by Gasteiger charge is -2.12. The summed E-state index contributed by atoms with van der Waals surface area (Å²) >= 11 is 0. The Kier molecular flexibility index (Phi) is 6.59. The third kappa shape index (κ3) is 5.14. The van der Waals surface area contributed by atoms with Crippen LogP contribution in [-0.4, -0.2) is 0 Å². The first-order chi connectivity index (χ1) is 16.9. The first-order valence-electron chi connectivity index (χ1n) is 11.6.